The first kappa shape index (κ1) is 22.3. The van der Waals surface area contributed by atoms with Crippen LogP contribution >= 0.6 is 0 Å². The Morgan fingerprint density at radius 3 is 1.26 bits per heavy atom. The van der Waals surface area contributed by atoms with E-state index >= 15 is 0 Å². The van der Waals surface area contributed by atoms with Gasteiger partial charge in [-0.2, -0.15) is 0 Å². The van der Waals surface area contributed by atoms with Gasteiger partial charge in [0.15, 0.2) is 0 Å². The lowest BCUT2D eigenvalue weighted by Crippen LogP contribution is -1.91. The third-order valence-electron chi connectivity index (χ3n) is 9.54. The molecule has 0 heteroatoms. The summed E-state index contributed by atoms with van der Waals surface area (Å²) in [5, 5.41) is 18.5. The predicted molar refractivity (Wildman–Crippen MR) is 182 cm³/mol. The smallest absolute Gasteiger partial charge is 0.00206 e. The fourth-order valence-electron chi connectivity index (χ4n) is 7.72. The van der Waals surface area contributed by atoms with E-state index in [9.17, 15) is 0 Å². The van der Waals surface area contributed by atoms with E-state index in [0.29, 0.717) is 0 Å². The van der Waals surface area contributed by atoms with Gasteiger partial charge in [-0.1, -0.05) is 140 Å². The molecule has 0 radical (unpaired) electrons. The highest BCUT2D eigenvalue weighted by atomic mass is 14.2. The van der Waals surface area contributed by atoms with E-state index in [0.717, 1.165) is 0 Å². The molecule has 10 aromatic carbocycles. The van der Waals surface area contributed by atoms with Crippen molar-refractivity contribution in [1.82, 2.24) is 0 Å². The third-order valence-corrected chi connectivity index (χ3v) is 9.54. The van der Waals surface area contributed by atoms with Crippen LogP contribution in [0.1, 0.15) is 0 Å². The SMILES string of the molecule is c1cc2ccc3ccc(-c4ccc(-c5cc6cccc7ccc8cccc5c8c76)c5ccccc45)c4ccc(c1)c2c34. The zero-order chi connectivity index (χ0) is 27.4. The second-order valence-electron chi connectivity index (χ2n) is 11.6. The third kappa shape index (κ3) is 2.86. The maximum Gasteiger partial charge on any atom is -0.00206 e. The van der Waals surface area contributed by atoms with E-state index in [1.807, 2.05) is 0 Å². The van der Waals surface area contributed by atoms with Gasteiger partial charge in [-0.05, 0) is 104 Å². The molecule has 0 aliphatic heterocycles. The molecule has 0 aromatic heterocycles. The normalized spacial score (nSPS) is 12.3. The van der Waals surface area contributed by atoms with Crippen molar-refractivity contribution in [1.29, 1.82) is 0 Å². The van der Waals surface area contributed by atoms with Crippen LogP contribution in [0.3, 0.4) is 0 Å². The summed E-state index contributed by atoms with van der Waals surface area (Å²) in [7, 11) is 0. The quantitative estimate of drug-likeness (QED) is 0.196. The summed E-state index contributed by atoms with van der Waals surface area (Å²) in [5.74, 6) is 0. The number of hydrogen-bond donors (Lipinski definition) is 0. The minimum absolute atomic E-state index is 1.28. The molecule has 0 atom stereocenters. The molecule has 10 aromatic rings. The van der Waals surface area contributed by atoms with Gasteiger partial charge < -0.3 is 0 Å². The van der Waals surface area contributed by atoms with E-state index in [-0.39, 0.29) is 0 Å². The lowest BCUT2D eigenvalue weighted by Gasteiger charge is -2.18. The molecule has 0 unspecified atom stereocenters. The van der Waals surface area contributed by atoms with Crippen LogP contribution in [0.2, 0.25) is 0 Å². The van der Waals surface area contributed by atoms with E-state index in [1.54, 1.807) is 0 Å². The number of fused-ring (bicyclic) bond motifs is 1. The lowest BCUT2D eigenvalue weighted by atomic mass is 9.85. The maximum atomic E-state index is 2.40. The minimum Gasteiger partial charge on any atom is -0.0616 e. The summed E-state index contributed by atoms with van der Waals surface area (Å²) in [5.41, 5.74) is 5.15. The standard InChI is InChI=1S/C42H24/c1-2-12-32-31(11-1)33(34-20-18-29-17-15-25-6-3-7-27-19-21-37(34)42(29)39(25)27)22-23-35(32)38-24-30-10-4-8-26-14-16-28-9-5-13-36(38)41(28)40(26)30/h1-24H. The van der Waals surface area contributed by atoms with Crippen molar-refractivity contribution in [2.75, 3.05) is 0 Å². The zero-order valence-electron chi connectivity index (χ0n) is 22.9. The highest BCUT2D eigenvalue weighted by Crippen LogP contribution is 2.45. The Labute approximate surface area is 242 Å². The first-order valence-corrected chi connectivity index (χ1v) is 14.7. The van der Waals surface area contributed by atoms with Gasteiger partial charge in [0, 0.05) is 0 Å². The molecule has 0 nitrogen and oxygen atoms in total. The summed E-state index contributed by atoms with van der Waals surface area (Å²) in [6.45, 7) is 0. The molecule has 0 spiro atoms. The summed E-state index contributed by atoms with van der Waals surface area (Å²) >= 11 is 0. The summed E-state index contributed by atoms with van der Waals surface area (Å²) in [6, 6.07) is 54.4. The monoisotopic (exact) mass is 528 g/mol. The van der Waals surface area contributed by atoms with Gasteiger partial charge in [0.25, 0.3) is 0 Å². The Balaban J connectivity index is 1.29. The Morgan fingerprint density at radius 1 is 0.214 bits per heavy atom. The summed E-state index contributed by atoms with van der Waals surface area (Å²) in [4.78, 5) is 0. The van der Waals surface area contributed by atoms with Gasteiger partial charge in [-0.3, -0.25) is 0 Å². The average Bonchev–Trinajstić information content (AvgIpc) is 3.05. The van der Waals surface area contributed by atoms with Gasteiger partial charge in [-0.15, -0.1) is 0 Å². The van der Waals surface area contributed by atoms with Crippen molar-refractivity contribution in [3.8, 4) is 22.3 Å². The van der Waals surface area contributed by atoms with Crippen LogP contribution in [0, 0.1) is 0 Å². The van der Waals surface area contributed by atoms with E-state index in [1.165, 1.54) is 97.7 Å². The molecule has 0 bridgehead atoms. The first-order valence-electron chi connectivity index (χ1n) is 14.7. The van der Waals surface area contributed by atoms with Crippen LogP contribution in [0.5, 0.6) is 0 Å². The van der Waals surface area contributed by atoms with Crippen molar-refractivity contribution in [2.45, 2.75) is 0 Å². The average molecular weight is 529 g/mol. The summed E-state index contributed by atoms with van der Waals surface area (Å²) in [6.07, 6.45) is 0. The fraction of sp³-hybridized carbons (Fsp3) is 0. The Kier molecular flexibility index (Phi) is 4.27. The van der Waals surface area contributed by atoms with E-state index < -0.39 is 0 Å². The molecule has 10 rings (SSSR count). The fourth-order valence-corrected chi connectivity index (χ4v) is 7.72. The van der Waals surface area contributed by atoms with Crippen molar-refractivity contribution < 1.29 is 0 Å². The molecule has 0 aliphatic rings. The van der Waals surface area contributed by atoms with Crippen molar-refractivity contribution in [2.24, 2.45) is 0 Å². The molecule has 0 saturated heterocycles. The Bertz CT molecular complexity index is 2660. The van der Waals surface area contributed by atoms with E-state index in [4.69, 9.17) is 0 Å². The van der Waals surface area contributed by atoms with Crippen LogP contribution in [0.15, 0.2) is 146 Å². The van der Waals surface area contributed by atoms with Crippen LogP contribution in [0.4, 0.5) is 0 Å². The molecule has 192 valence electrons. The number of benzene rings is 10. The van der Waals surface area contributed by atoms with Crippen molar-refractivity contribution >= 4 is 75.4 Å². The molecule has 0 amide bonds. The van der Waals surface area contributed by atoms with Crippen LogP contribution in [-0.2, 0) is 0 Å². The van der Waals surface area contributed by atoms with E-state index in [2.05, 4.69) is 146 Å². The van der Waals surface area contributed by atoms with Crippen LogP contribution in [-0.4, -0.2) is 0 Å². The molecule has 0 saturated carbocycles. The zero-order valence-corrected chi connectivity index (χ0v) is 22.9. The molecular formula is C42H24. The Morgan fingerprint density at radius 2 is 0.595 bits per heavy atom. The van der Waals surface area contributed by atoms with Crippen LogP contribution in [0.25, 0.3) is 97.7 Å². The van der Waals surface area contributed by atoms with Gasteiger partial charge in [0.1, 0.15) is 0 Å². The van der Waals surface area contributed by atoms with Gasteiger partial charge in [0.2, 0.25) is 0 Å². The molecule has 0 fully saturated rings. The minimum atomic E-state index is 1.28. The maximum absolute atomic E-state index is 2.40. The second-order valence-corrected chi connectivity index (χ2v) is 11.6. The van der Waals surface area contributed by atoms with Gasteiger partial charge >= 0.3 is 0 Å². The van der Waals surface area contributed by atoms with Gasteiger partial charge in [-0.25, -0.2) is 0 Å². The predicted octanol–water partition coefficient (Wildman–Crippen LogP) is 12.0. The topological polar surface area (TPSA) is 0 Å². The molecule has 0 aliphatic carbocycles. The Hall–Kier alpha value is -5.46. The molecular weight excluding hydrogens is 504 g/mol. The largest absolute Gasteiger partial charge is 0.0616 e. The second kappa shape index (κ2) is 8.06. The van der Waals surface area contributed by atoms with Crippen molar-refractivity contribution in [3.63, 3.8) is 0 Å². The molecule has 0 N–H and O–H groups in total. The summed E-state index contributed by atoms with van der Waals surface area (Å²) < 4.78 is 0. The first-order chi connectivity index (χ1) is 20.8. The highest BCUT2D eigenvalue weighted by molar-refractivity contribution is 6.28. The number of rotatable bonds is 2. The molecule has 42 heavy (non-hydrogen) atoms. The molecule has 0 heterocycles. The number of hydrogen-bond acceptors (Lipinski definition) is 0. The van der Waals surface area contributed by atoms with Crippen LogP contribution < -0.4 is 0 Å². The highest BCUT2D eigenvalue weighted by Gasteiger charge is 2.18. The van der Waals surface area contributed by atoms with Gasteiger partial charge in [0.05, 0.1) is 0 Å². The lowest BCUT2D eigenvalue weighted by molar-refractivity contribution is 1.68. The van der Waals surface area contributed by atoms with Crippen molar-refractivity contribution in [3.05, 3.63) is 146 Å².